The first-order chi connectivity index (χ1) is 7.56. The molecule has 0 fully saturated rings. The van der Waals surface area contributed by atoms with E-state index in [1.807, 2.05) is 0 Å². The standard InChI is InChI=1S/C14H24N2/c1-11-7-8-13(12(2)10-11)14(16(3)4)6-5-9-15/h7-8,10,14H,5-6,9,15H2,1-4H3. The molecule has 0 radical (unpaired) electrons. The van der Waals surface area contributed by atoms with Crippen LogP contribution < -0.4 is 5.73 Å². The molecule has 0 spiro atoms. The van der Waals surface area contributed by atoms with Crippen molar-refractivity contribution in [2.75, 3.05) is 20.6 Å². The summed E-state index contributed by atoms with van der Waals surface area (Å²) in [6, 6.07) is 7.20. The molecule has 0 saturated carbocycles. The van der Waals surface area contributed by atoms with E-state index in [1.54, 1.807) is 0 Å². The van der Waals surface area contributed by atoms with Crippen LogP contribution >= 0.6 is 0 Å². The molecule has 2 N–H and O–H groups in total. The van der Waals surface area contributed by atoms with Crippen LogP contribution in [0.4, 0.5) is 0 Å². The molecular weight excluding hydrogens is 196 g/mol. The van der Waals surface area contributed by atoms with Gasteiger partial charge in [-0.2, -0.15) is 0 Å². The highest BCUT2D eigenvalue weighted by molar-refractivity contribution is 5.32. The van der Waals surface area contributed by atoms with E-state index in [9.17, 15) is 0 Å². The quantitative estimate of drug-likeness (QED) is 0.826. The summed E-state index contributed by atoms with van der Waals surface area (Å²) in [7, 11) is 4.28. The highest BCUT2D eigenvalue weighted by Crippen LogP contribution is 2.26. The number of benzene rings is 1. The third-order valence-corrected chi connectivity index (χ3v) is 3.09. The Morgan fingerprint density at radius 2 is 1.94 bits per heavy atom. The third kappa shape index (κ3) is 3.32. The normalized spacial score (nSPS) is 13.1. The molecular formula is C14H24N2. The van der Waals surface area contributed by atoms with Crippen molar-refractivity contribution < 1.29 is 0 Å². The third-order valence-electron chi connectivity index (χ3n) is 3.09. The Bertz CT molecular complexity index is 332. The lowest BCUT2D eigenvalue weighted by molar-refractivity contribution is 0.279. The van der Waals surface area contributed by atoms with Crippen LogP contribution in [-0.2, 0) is 0 Å². The molecule has 1 aromatic rings. The van der Waals surface area contributed by atoms with Crippen LogP contribution in [0.15, 0.2) is 18.2 Å². The summed E-state index contributed by atoms with van der Waals surface area (Å²) >= 11 is 0. The molecule has 0 aliphatic carbocycles. The van der Waals surface area contributed by atoms with Crippen LogP contribution in [0.5, 0.6) is 0 Å². The van der Waals surface area contributed by atoms with Crippen molar-refractivity contribution in [2.24, 2.45) is 5.73 Å². The van der Waals surface area contributed by atoms with E-state index >= 15 is 0 Å². The van der Waals surface area contributed by atoms with Crippen molar-refractivity contribution in [2.45, 2.75) is 32.7 Å². The summed E-state index contributed by atoms with van der Waals surface area (Å²) in [4.78, 5) is 2.29. The molecule has 16 heavy (non-hydrogen) atoms. The largest absolute Gasteiger partial charge is 0.330 e. The van der Waals surface area contributed by atoms with E-state index in [0.29, 0.717) is 6.04 Å². The topological polar surface area (TPSA) is 29.3 Å². The Hall–Kier alpha value is -0.860. The number of nitrogens with two attached hydrogens (primary N) is 1. The van der Waals surface area contributed by atoms with E-state index in [4.69, 9.17) is 5.73 Å². The molecule has 0 aromatic heterocycles. The lowest BCUT2D eigenvalue weighted by Crippen LogP contribution is -2.21. The Kier molecular flexibility index (Phi) is 4.97. The van der Waals surface area contributed by atoms with E-state index in [2.05, 4.69) is 51.0 Å². The zero-order valence-corrected chi connectivity index (χ0v) is 11.0. The zero-order valence-electron chi connectivity index (χ0n) is 11.0. The SMILES string of the molecule is Cc1ccc(C(CCCN)N(C)C)c(C)c1. The number of nitrogens with zero attached hydrogens (tertiary/aromatic N) is 1. The van der Waals surface area contributed by atoms with Crippen molar-refractivity contribution in [3.8, 4) is 0 Å². The summed E-state index contributed by atoms with van der Waals surface area (Å²) in [5.41, 5.74) is 9.75. The highest BCUT2D eigenvalue weighted by Gasteiger charge is 2.15. The fourth-order valence-corrected chi connectivity index (χ4v) is 2.20. The van der Waals surface area contributed by atoms with Crippen molar-refractivity contribution in [1.82, 2.24) is 4.90 Å². The van der Waals surface area contributed by atoms with Gasteiger partial charge in [0.05, 0.1) is 0 Å². The Morgan fingerprint density at radius 1 is 1.25 bits per heavy atom. The van der Waals surface area contributed by atoms with Crippen molar-refractivity contribution >= 4 is 0 Å². The predicted molar refractivity (Wildman–Crippen MR) is 70.6 cm³/mol. The monoisotopic (exact) mass is 220 g/mol. The van der Waals surface area contributed by atoms with Gasteiger partial charge in [-0.25, -0.2) is 0 Å². The van der Waals surface area contributed by atoms with Crippen molar-refractivity contribution in [1.29, 1.82) is 0 Å². The maximum absolute atomic E-state index is 5.60. The molecule has 0 bridgehead atoms. The average Bonchev–Trinajstić information content (AvgIpc) is 2.20. The maximum Gasteiger partial charge on any atom is 0.0345 e. The second-order valence-corrected chi connectivity index (χ2v) is 4.77. The molecule has 90 valence electrons. The Labute approximate surface area is 99.5 Å². The summed E-state index contributed by atoms with van der Waals surface area (Å²) in [5, 5.41) is 0. The molecule has 1 atom stereocenters. The first kappa shape index (κ1) is 13.2. The lowest BCUT2D eigenvalue weighted by Gasteiger charge is -2.26. The van der Waals surface area contributed by atoms with Gasteiger partial charge < -0.3 is 10.6 Å². The molecule has 0 heterocycles. The number of hydrogen-bond acceptors (Lipinski definition) is 2. The number of hydrogen-bond donors (Lipinski definition) is 1. The fraction of sp³-hybridized carbons (Fsp3) is 0.571. The Balaban J connectivity index is 2.92. The molecule has 2 heteroatoms. The summed E-state index contributed by atoms with van der Waals surface area (Å²) in [6.07, 6.45) is 2.21. The van der Waals surface area contributed by atoms with Gasteiger partial charge in [-0.05, 0) is 58.5 Å². The summed E-state index contributed by atoms with van der Waals surface area (Å²) in [5.74, 6) is 0. The van der Waals surface area contributed by atoms with Crippen LogP contribution in [0.25, 0.3) is 0 Å². The molecule has 0 aliphatic heterocycles. The minimum absolute atomic E-state index is 0.490. The summed E-state index contributed by atoms with van der Waals surface area (Å²) in [6.45, 7) is 5.11. The van der Waals surface area contributed by atoms with Crippen LogP contribution in [-0.4, -0.2) is 25.5 Å². The smallest absolute Gasteiger partial charge is 0.0345 e. The van der Waals surface area contributed by atoms with Gasteiger partial charge in [0.25, 0.3) is 0 Å². The van der Waals surface area contributed by atoms with E-state index in [1.165, 1.54) is 16.7 Å². The molecule has 1 unspecified atom stereocenters. The maximum atomic E-state index is 5.60. The molecule has 0 saturated heterocycles. The van der Waals surface area contributed by atoms with Gasteiger partial charge in [0.15, 0.2) is 0 Å². The molecule has 2 nitrogen and oxygen atoms in total. The minimum atomic E-state index is 0.490. The lowest BCUT2D eigenvalue weighted by atomic mass is 9.95. The highest BCUT2D eigenvalue weighted by atomic mass is 15.1. The second kappa shape index (κ2) is 6.02. The van der Waals surface area contributed by atoms with Crippen LogP contribution in [0, 0.1) is 13.8 Å². The van der Waals surface area contributed by atoms with Crippen molar-refractivity contribution in [3.05, 3.63) is 34.9 Å². The minimum Gasteiger partial charge on any atom is -0.330 e. The Morgan fingerprint density at radius 3 is 2.44 bits per heavy atom. The molecule has 1 aromatic carbocycles. The average molecular weight is 220 g/mol. The van der Waals surface area contributed by atoms with Gasteiger partial charge in [-0.1, -0.05) is 23.8 Å². The van der Waals surface area contributed by atoms with Gasteiger partial charge in [-0.15, -0.1) is 0 Å². The fourth-order valence-electron chi connectivity index (χ4n) is 2.20. The van der Waals surface area contributed by atoms with Crippen LogP contribution in [0.1, 0.15) is 35.6 Å². The van der Waals surface area contributed by atoms with E-state index < -0.39 is 0 Å². The number of rotatable bonds is 5. The van der Waals surface area contributed by atoms with Gasteiger partial charge >= 0.3 is 0 Å². The van der Waals surface area contributed by atoms with E-state index in [-0.39, 0.29) is 0 Å². The van der Waals surface area contributed by atoms with Gasteiger partial charge in [-0.3, -0.25) is 0 Å². The van der Waals surface area contributed by atoms with Gasteiger partial charge in [0.1, 0.15) is 0 Å². The molecule has 0 aliphatic rings. The molecule has 1 rings (SSSR count). The van der Waals surface area contributed by atoms with E-state index in [0.717, 1.165) is 19.4 Å². The van der Waals surface area contributed by atoms with Crippen molar-refractivity contribution in [3.63, 3.8) is 0 Å². The molecule has 0 amide bonds. The number of aryl methyl sites for hydroxylation is 2. The zero-order chi connectivity index (χ0) is 12.1. The second-order valence-electron chi connectivity index (χ2n) is 4.77. The van der Waals surface area contributed by atoms with Gasteiger partial charge in [0.2, 0.25) is 0 Å². The van der Waals surface area contributed by atoms with Crippen LogP contribution in [0.2, 0.25) is 0 Å². The first-order valence-corrected chi connectivity index (χ1v) is 6.00. The first-order valence-electron chi connectivity index (χ1n) is 6.00. The predicted octanol–water partition coefficient (Wildman–Crippen LogP) is 2.65. The summed E-state index contributed by atoms with van der Waals surface area (Å²) < 4.78 is 0. The van der Waals surface area contributed by atoms with Gasteiger partial charge in [0, 0.05) is 6.04 Å². The van der Waals surface area contributed by atoms with Crippen LogP contribution in [0.3, 0.4) is 0 Å².